The van der Waals surface area contributed by atoms with Gasteiger partial charge in [-0.2, -0.15) is 4.98 Å². The molecule has 0 aliphatic rings. The fourth-order valence-corrected chi connectivity index (χ4v) is 3.10. The lowest BCUT2D eigenvalue weighted by Gasteiger charge is -2.11. The van der Waals surface area contributed by atoms with Crippen LogP contribution in [0.25, 0.3) is 11.1 Å². The van der Waals surface area contributed by atoms with Crippen LogP contribution in [0.15, 0.2) is 72.8 Å². The van der Waals surface area contributed by atoms with Crippen LogP contribution in [0.5, 0.6) is 0 Å². The summed E-state index contributed by atoms with van der Waals surface area (Å²) in [6.45, 7) is 4.02. The van der Waals surface area contributed by atoms with Gasteiger partial charge in [0, 0.05) is 17.2 Å². The monoisotopic (exact) mass is 372 g/mol. The van der Waals surface area contributed by atoms with E-state index < -0.39 is 0 Å². The lowest BCUT2D eigenvalue weighted by Crippen LogP contribution is -2.00. The molecule has 0 aliphatic carbocycles. The highest BCUT2D eigenvalue weighted by molar-refractivity contribution is 5.64. The SMILES string of the molecule is Cc1ccc(Nc2n[nH]c(C(C)c3ccc(-c4ccccc4)c(F)c3)n2)cc1. The van der Waals surface area contributed by atoms with Crippen molar-refractivity contribution < 1.29 is 4.39 Å². The van der Waals surface area contributed by atoms with E-state index in [0.29, 0.717) is 17.3 Å². The third-order valence-corrected chi connectivity index (χ3v) is 4.80. The fourth-order valence-electron chi connectivity index (χ4n) is 3.10. The maximum Gasteiger partial charge on any atom is 0.246 e. The summed E-state index contributed by atoms with van der Waals surface area (Å²) in [4.78, 5) is 4.51. The number of hydrogen-bond donors (Lipinski definition) is 2. The summed E-state index contributed by atoms with van der Waals surface area (Å²) in [6, 6.07) is 22.9. The Labute approximate surface area is 163 Å². The number of rotatable bonds is 5. The number of H-pyrrole nitrogens is 1. The highest BCUT2D eigenvalue weighted by Crippen LogP contribution is 2.28. The number of nitrogens with zero attached hydrogens (tertiary/aromatic N) is 2. The Kier molecular flexibility index (Phi) is 4.89. The van der Waals surface area contributed by atoms with Crippen molar-refractivity contribution >= 4 is 11.6 Å². The van der Waals surface area contributed by atoms with Crippen molar-refractivity contribution in [1.82, 2.24) is 15.2 Å². The molecule has 0 saturated carbocycles. The van der Waals surface area contributed by atoms with Crippen LogP contribution in [0.3, 0.4) is 0 Å². The number of aryl methyl sites for hydroxylation is 1. The predicted molar refractivity (Wildman–Crippen MR) is 110 cm³/mol. The first-order chi connectivity index (χ1) is 13.6. The Morgan fingerprint density at radius 2 is 1.71 bits per heavy atom. The number of aromatic amines is 1. The number of hydrogen-bond acceptors (Lipinski definition) is 3. The van der Waals surface area contributed by atoms with E-state index in [1.165, 1.54) is 5.56 Å². The minimum atomic E-state index is -0.243. The molecule has 0 aliphatic heterocycles. The van der Waals surface area contributed by atoms with E-state index in [1.54, 1.807) is 6.07 Å². The van der Waals surface area contributed by atoms with Gasteiger partial charge in [-0.15, -0.1) is 5.10 Å². The smallest absolute Gasteiger partial charge is 0.246 e. The summed E-state index contributed by atoms with van der Waals surface area (Å²) < 4.78 is 14.7. The Balaban J connectivity index is 1.53. The number of aromatic nitrogens is 3. The number of halogens is 1. The molecule has 1 atom stereocenters. The maximum absolute atomic E-state index is 14.7. The molecule has 3 aromatic carbocycles. The summed E-state index contributed by atoms with van der Waals surface area (Å²) in [5.74, 6) is 0.821. The molecule has 1 unspecified atom stereocenters. The third kappa shape index (κ3) is 3.78. The van der Waals surface area contributed by atoms with Crippen molar-refractivity contribution in [1.29, 1.82) is 0 Å². The molecule has 0 saturated heterocycles. The average molecular weight is 372 g/mol. The minimum absolute atomic E-state index is 0.111. The standard InChI is InChI=1S/C23H21FN4/c1-15-8-11-19(12-9-15)25-23-26-22(27-28-23)16(2)18-10-13-20(21(24)14-18)17-6-4-3-5-7-17/h3-14,16H,1-2H3,(H2,25,26,27,28). The zero-order valence-corrected chi connectivity index (χ0v) is 15.8. The summed E-state index contributed by atoms with van der Waals surface area (Å²) >= 11 is 0. The first-order valence-electron chi connectivity index (χ1n) is 9.21. The largest absolute Gasteiger partial charge is 0.323 e. The first-order valence-corrected chi connectivity index (χ1v) is 9.21. The Morgan fingerprint density at radius 3 is 2.43 bits per heavy atom. The summed E-state index contributed by atoms with van der Waals surface area (Å²) in [6.07, 6.45) is 0. The van der Waals surface area contributed by atoms with Crippen molar-refractivity contribution in [3.05, 3.63) is 95.6 Å². The second-order valence-corrected chi connectivity index (χ2v) is 6.86. The highest BCUT2D eigenvalue weighted by atomic mass is 19.1. The van der Waals surface area contributed by atoms with Crippen LogP contribution in [0, 0.1) is 12.7 Å². The molecule has 0 amide bonds. The normalized spacial score (nSPS) is 12.0. The average Bonchev–Trinajstić information content (AvgIpc) is 3.18. The van der Waals surface area contributed by atoms with Gasteiger partial charge in [-0.05, 0) is 36.2 Å². The van der Waals surface area contributed by atoms with E-state index in [9.17, 15) is 4.39 Å². The van der Waals surface area contributed by atoms with Gasteiger partial charge in [-0.1, -0.05) is 67.1 Å². The van der Waals surface area contributed by atoms with Gasteiger partial charge in [0.15, 0.2) is 0 Å². The van der Waals surface area contributed by atoms with Crippen molar-refractivity contribution in [2.45, 2.75) is 19.8 Å². The maximum atomic E-state index is 14.7. The van der Waals surface area contributed by atoms with E-state index in [1.807, 2.05) is 80.6 Å². The van der Waals surface area contributed by atoms with Crippen molar-refractivity contribution in [3.63, 3.8) is 0 Å². The molecule has 0 spiro atoms. The van der Waals surface area contributed by atoms with E-state index in [4.69, 9.17) is 0 Å². The van der Waals surface area contributed by atoms with Crippen LogP contribution in [-0.2, 0) is 0 Å². The molecule has 1 heterocycles. The molecule has 1 aromatic heterocycles. The van der Waals surface area contributed by atoms with Gasteiger partial charge in [-0.25, -0.2) is 4.39 Å². The van der Waals surface area contributed by atoms with Gasteiger partial charge >= 0.3 is 0 Å². The summed E-state index contributed by atoms with van der Waals surface area (Å²) in [5, 5.41) is 10.4. The molecule has 4 rings (SSSR count). The molecule has 5 heteroatoms. The molecular formula is C23H21FN4. The molecular weight excluding hydrogens is 351 g/mol. The van der Waals surface area contributed by atoms with Gasteiger partial charge in [0.05, 0.1) is 0 Å². The molecule has 0 radical (unpaired) electrons. The Morgan fingerprint density at radius 1 is 0.964 bits per heavy atom. The third-order valence-electron chi connectivity index (χ3n) is 4.80. The lowest BCUT2D eigenvalue weighted by atomic mass is 9.96. The van der Waals surface area contributed by atoms with Crippen molar-refractivity contribution in [2.75, 3.05) is 5.32 Å². The number of nitrogens with one attached hydrogen (secondary N) is 2. The van der Waals surface area contributed by atoms with E-state index >= 15 is 0 Å². The van der Waals surface area contributed by atoms with Crippen molar-refractivity contribution in [2.24, 2.45) is 0 Å². The summed E-state index contributed by atoms with van der Waals surface area (Å²) in [5.41, 5.74) is 4.41. The Bertz CT molecular complexity index is 1070. The van der Waals surface area contributed by atoms with E-state index in [0.717, 1.165) is 16.8 Å². The molecule has 2 N–H and O–H groups in total. The second kappa shape index (κ2) is 7.64. The van der Waals surface area contributed by atoms with Gasteiger partial charge < -0.3 is 5.32 Å². The van der Waals surface area contributed by atoms with Crippen LogP contribution >= 0.6 is 0 Å². The zero-order valence-electron chi connectivity index (χ0n) is 15.8. The molecule has 4 aromatic rings. The van der Waals surface area contributed by atoms with Gasteiger partial charge in [-0.3, -0.25) is 5.10 Å². The van der Waals surface area contributed by atoms with Crippen LogP contribution in [0.4, 0.5) is 16.0 Å². The number of benzene rings is 3. The first kappa shape index (κ1) is 17.9. The summed E-state index contributed by atoms with van der Waals surface area (Å²) in [7, 11) is 0. The fraction of sp³-hybridized carbons (Fsp3) is 0.130. The molecule has 0 fully saturated rings. The van der Waals surface area contributed by atoms with Gasteiger partial charge in [0.1, 0.15) is 11.6 Å². The zero-order chi connectivity index (χ0) is 19.5. The molecule has 4 nitrogen and oxygen atoms in total. The predicted octanol–water partition coefficient (Wildman–Crippen LogP) is 5.81. The van der Waals surface area contributed by atoms with E-state index in [2.05, 4.69) is 20.5 Å². The highest BCUT2D eigenvalue weighted by Gasteiger charge is 2.16. The van der Waals surface area contributed by atoms with Crippen molar-refractivity contribution in [3.8, 4) is 11.1 Å². The molecule has 28 heavy (non-hydrogen) atoms. The molecule has 0 bridgehead atoms. The quantitative estimate of drug-likeness (QED) is 0.464. The lowest BCUT2D eigenvalue weighted by molar-refractivity contribution is 0.627. The minimum Gasteiger partial charge on any atom is -0.323 e. The van der Waals surface area contributed by atoms with Crippen LogP contribution in [0.2, 0.25) is 0 Å². The second-order valence-electron chi connectivity index (χ2n) is 6.86. The topological polar surface area (TPSA) is 53.6 Å². The van der Waals surface area contributed by atoms with Gasteiger partial charge in [0.2, 0.25) is 5.95 Å². The van der Waals surface area contributed by atoms with Crippen LogP contribution in [-0.4, -0.2) is 15.2 Å². The van der Waals surface area contributed by atoms with Crippen LogP contribution < -0.4 is 5.32 Å². The Hall–Kier alpha value is -3.47. The van der Waals surface area contributed by atoms with E-state index in [-0.39, 0.29) is 11.7 Å². The van der Waals surface area contributed by atoms with Gasteiger partial charge in [0.25, 0.3) is 0 Å². The van der Waals surface area contributed by atoms with Crippen LogP contribution in [0.1, 0.15) is 29.8 Å². The number of anilines is 2. The molecule has 140 valence electrons.